The van der Waals surface area contributed by atoms with E-state index < -0.39 is 40.0 Å². The maximum atomic E-state index is 14.5. The fourth-order valence-electron chi connectivity index (χ4n) is 3.85. The Labute approximate surface area is 173 Å². The van der Waals surface area contributed by atoms with Crippen molar-refractivity contribution in [2.45, 2.75) is 18.2 Å². The van der Waals surface area contributed by atoms with E-state index in [1.807, 2.05) is 0 Å². The number of nitrogens with zero attached hydrogens (tertiary/aromatic N) is 2. The van der Waals surface area contributed by atoms with Gasteiger partial charge in [-0.2, -0.15) is 5.10 Å². The first-order chi connectivity index (χ1) is 14.3. The molecule has 2 aromatic carbocycles. The normalized spacial score (nSPS) is 22.7. The Morgan fingerprint density at radius 1 is 1.23 bits per heavy atom. The van der Waals surface area contributed by atoms with Crippen molar-refractivity contribution < 1.29 is 27.1 Å². The number of fused-ring (bicyclic) bond motifs is 2. The summed E-state index contributed by atoms with van der Waals surface area (Å²) in [5.74, 6) is -4.47. The summed E-state index contributed by atoms with van der Waals surface area (Å²) in [7, 11) is 0. The van der Waals surface area contributed by atoms with Crippen molar-refractivity contribution in [2.24, 2.45) is 16.8 Å². The molecular formula is C20H17F4N3O2S. The van der Waals surface area contributed by atoms with Crippen LogP contribution in [0.15, 0.2) is 35.4 Å². The van der Waals surface area contributed by atoms with Gasteiger partial charge in [-0.25, -0.2) is 22.6 Å². The number of hydrazone groups is 1. The van der Waals surface area contributed by atoms with Crippen LogP contribution >= 0.6 is 11.8 Å². The second kappa shape index (κ2) is 7.59. The molecule has 2 atom stereocenters. The number of amides is 1. The van der Waals surface area contributed by atoms with Gasteiger partial charge >= 0.3 is 0 Å². The zero-order chi connectivity index (χ0) is 21.6. The van der Waals surface area contributed by atoms with E-state index in [1.165, 1.54) is 6.92 Å². The van der Waals surface area contributed by atoms with Crippen molar-refractivity contribution >= 4 is 22.7 Å². The third-order valence-electron chi connectivity index (χ3n) is 5.11. The summed E-state index contributed by atoms with van der Waals surface area (Å²) in [6.45, 7) is 1.43. The molecule has 1 amide bonds. The smallest absolute Gasteiger partial charge is 0.241 e. The number of rotatable bonds is 3. The van der Waals surface area contributed by atoms with Gasteiger partial charge in [0.25, 0.3) is 0 Å². The first-order valence-corrected chi connectivity index (χ1v) is 9.95. The predicted octanol–water partition coefficient (Wildman–Crippen LogP) is 3.71. The van der Waals surface area contributed by atoms with Gasteiger partial charge in [0, 0.05) is 30.0 Å². The lowest BCUT2D eigenvalue weighted by Crippen LogP contribution is -2.51. The lowest BCUT2D eigenvalue weighted by molar-refractivity contribution is -0.134. The lowest BCUT2D eigenvalue weighted by Gasteiger charge is -2.45. The molecule has 1 spiro atoms. The molecular weight excluding hydrogens is 422 g/mol. The highest BCUT2D eigenvalue weighted by Gasteiger charge is 2.57. The highest BCUT2D eigenvalue weighted by atomic mass is 32.2. The van der Waals surface area contributed by atoms with E-state index in [0.717, 1.165) is 41.0 Å². The van der Waals surface area contributed by atoms with Crippen LogP contribution in [0.5, 0.6) is 5.75 Å². The Balaban J connectivity index is 1.94. The molecule has 0 fully saturated rings. The second-order valence-corrected chi connectivity index (χ2v) is 8.22. The zero-order valence-corrected chi connectivity index (χ0v) is 16.6. The Morgan fingerprint density at radius 2 is 2.00 bits per heavy atom. The summed E-state index contributed by atoms with van der Waals surface area (Å²) in [5, 5.41) is 5.33. The quantitative estimate of drug-likeness (QED) is 0.741. The largest absolute Gasteiger partial charge is 0.490 e. The average Bonchev–Trinajstić information content (AvgIpc) is 3.08. The van der Waals surface area contributed by atoms with Crippen molar-refractivity contribution in [1.82, 2.24) is 5.01 Å². The SMILES string of the molecule is CC(=O)N1N=C(c2cc(F)ccc2F)S[C@@]12c1cc(F)cc(F)c1OC[C@H]2CCN. The van der Waals surface area contributed by atoms with Crippen LogP contribution in [0.1, 0.15) is 24.5 Å². The molecule has 2 aromatic rings. The van der Waals surface area contributed by atoms with Crippen molar-refractivity contribution in [3.63, 3.8) is 0 Å². The van der Waals surface area contributed by atoms with Gasteiger partial charge in [-0.15, -0.1) is 0 Å². The standard InChI is InChI=1S/C20H17F4N3O2S/c1-10(28)27-20(30-19(26-27)14-6-12(21)2-3-16(14)23)11(4-5-25)9-29-18-15(20)7-13(22)8-17(18)24/h2-3,6-8,11H,4-5,9,25H2,1H3/t11-,20+/m1/s1. The molecule has 0 radical (unpaired) electrons. The molecule has 0 saturated carbocycles. The van der Waals surface area contributed by atoms with Gasteiger partial charge in [-0.1, -0.05) is 11.8 Å². The number of benzene rings is 2. The first-order valence-electron chi connectivity index (χ1n) is 9.14. The van der Waals surface area contributed by atoms with Crippen molar-refractivity contribution in [2.75, 3.05) is 13.2 Å². The summed E-state index contributed by atoms with van der Waals surface area (Å²) in [6, 6.07) is 4.63. The number of hydrogen-bond donors (Lipinski definition) is 1. The van der Waals surface area contributed by atoms with E-state index in [0.29, 0.717) is 12.5 Å². The van der Waals surface area contributed by atoms with Crippen LogP contribution in [-0.2, 0) is 9.67 Å². The predicted molar refractivity (Wildman–Crippen MR) is 104 cm³/mol. The van der Waals surface area contributed by atoms with Crippen molar-refractivity contribution in [1.29, 1.82) is 0 Å². The zero-order valence-electron chi connectivity index (χ0n) is 15.8. The molecule has 0 unspecified atom stereocenters. The van der Waals surface area contributed by atoms with Crippen molar-refractivity contribution in [3.05, 3.63) is 64.7 Å². The van der Waals surface area contributed by atoms with Crippen molar-refractivity contribution in [3.8, 4) is 5.75 Å². The van der Waals surface area contributed by atoms with Gasteiger partial charge in [0.1, 0.15) is 22.5 Å². The number of nitrogens with two attached hydrogens (primary N) is 1. The van der Waals surface area contributed by atoms with Gasteiger partial charge in [0.05, 0.1) is 6.61 Å². The fraction of sp³-hybridized carbons (Fsp3) is 0.300. The van der Waals surface area contributed by atoms with Gasteiger partial charge in [0.2, 0.25) is 5.91 Å². The summed E-state index contributed by atoms with van der Waals surface area (Å²) < 4.78 is 62.5. The van der Waals surface area contributed by atoms with E-state index >= 15 is 0 Å². The molecule has 0 saturated heterocycles. The number of ether oxygens (including phenoxy) is 1. The third kappa shape index (κ3) is 3.14. The molecule has 10 heteroatoms. The molecule has 30 heavy (non-hydrogen) atoms. The summed E-state index contributed by atoms with van der Waals surface area (Å²) in [5.41, 5.74) is 5.64. The average molecular weight is 439 g/mol. The highest BCUT2D eigenvalue weighted by molar-refractivity contribution is 8.15. The van der Waals surface area contributed by atoms with Gasteiger partial charge in [-0.3, -0.25) is 4.79 Å². The second-order valence-electron chi connectivity index (χ2n) is 7.01. The third-order valence-corrected chi connectivity index (χ3v) is 6.64. The Hall–Kier alpha value is -2.59. The number of carbonyl (C=O) groups is 1. The Kier molecular flexibility index (Phi) is 5.23. The van der Waals surface area contributed by atoms with Gasteiger partial charge in [-0.05, 0) is 37.2 Å². The monoisotopic (exact) mass is 439 g/mol. The summed E-state index contributed by atoms with van der Waals surface area (Å²) in [4.78, 5) is 11.1. The lowest BCUT2D eigenvalue weighted by atomic mass is 9.86. The number of hydrogen-bond acceptors (Lipinski definition) is 5. The van der Waals surface area contributed by atoms with E-state index in [4.69, 9.17) is 10.5 Å². The van der Waals surface area contributed by atoms with Crippen LogP contribution in [-0.4, -0.2) is 29.1 Å². The molecule has 2 N–H and O–H groups in total. The number of halogens is 4. The van der Waals surface area contributed by atoms with E-state index in [2.05, 4.69) is 5.10 Å². The minimum atomic E-state index is -1.42. The molecule has 0 aliphatic carbocycles. The van der Waals surface area contributed by atoms with Gasteiger partial charge < -0.3 is 10.5 Å². The first kappa shape index (κ1) is 20.7. The number of thioether (sulfide) groups is 1. The fourth-order valence-corrected chi connectivity index (χ4v) is 5.40. The van der Waals surface area contributed by atoms with Crippen LogP contribution in [0.4, 0.5) is 17.6 Å². The van der Waals surface area contributed by atoms with E-state index in [-0.39, 0.29) is 35.1 Å². The molecule has 158 valence electrons. The van der Waals surface area contributed by atoms with Crippen LogP contribution < -0.4 is 10.5 Å². The minimum Gasteiger partial charge on any atom is -0.490 e. The molecule has 4 rings (SSSR count). The maximum absolute atomic E-state index is 14.5. The van der Waals surface area contributed by atoms with Crippen LogP contribution in [0.25, 0.3) is 0 Å². The van der Waals surface area contributed by atoms with Gasteiger partial charge in [0.15, 0.2) is 16.4 Å². The van der Waals surface area contributed by atoms with E-state index in [9.17, 15) is 22.4 Å². The van der Waals surface area contributed by atoms with Crippen LogP contribution in [0.2, 0.25) is 0 Å². The summed E-state index contributed by atoms with van der Waals surface area (Å²) >= 11 is 0.934. The molecule has 2 aliphatic rings. The minimum absolute atomic E-state index is 0.0155. The summed E-state index contributed by atoms with van der Waals surface area (Å²) in [6.07, 6.45) is 0.336. The topological polar surface area (TPSA) is 67.9 Å². The van der Waals surface area contributed by atoms with Crippen LogP contribution in [0.3, 0.4) is 0 Å². The van der Waals surface area contributed by atoms with E-state index in [1.54, 1.807) is 0 Å². The maximum Gasteiger partial charge on any atom is 0.241 e. The Morgan fingerprint density at radius 3 is 2.70 bits per heavy atom. The van der Waals surface area contributed by atoms with Crippen LogP contribution in [0, 0.1) is 29.2 Å². The Bertz CT molecular complexity index is 1060. The molecule has 5 nitrogen and oxygen atoms in total. The molecule has 2 aliphatic heterocycles. The number of carbonyl (C=O) groups excluding carboxylic acids is 1. The molecule has 2 heterocycles. The highest BCUT2D eigenvalue weighted by Crippen LogP contribution is 2.58. The molecule has 0 aromatic heterocycles. The molecule has 0 bridgehead atoms.